The molecule has 0 N–H and O–H groups in total. The molecule has 0 saturated heterocycles. The van der Waals surface area contributed by atoms with Crippen LogP contribution >= 0.6 is 0 Å². The maximum Gasteiger partial charge on any atom is 0.314 e. The Kier molecular flexibility index (Phi) is 5.78. The Balaban J connectivity index is 2.18. The van der Waals surface area contributed by atoms with Crippen LogP contribution in [0.3, 0.4) is 0 Å². The number of esters is 2. The molecule has 0 amide bonds. The fourth-order valence-electron chi connectivity index (χ4n) is 3.57. The second kappa shape index (κ2) is 8.26. The van der Waals surface area contributed by atoms with E-state index in [2.05, 4.69) is 0 Å². The molecule has 4 heteroatoms. The predicted octanol–water partition coefficient (Wildman–Crippen LogP) is 4.36. The van der Waals surface area contributed by atoms with Crippen molar-refractivity contribution in [1.29, 1.82) is 0 Å². The number of hydrogen-bond donors (Lipinski definition) is 0. The number of methoxy groups -OCH3 is 2. The Hall–Kier alpha value is -3.14. The monoisotopic (exact) mass is 376 g/mol. The number of benzene rings is 2. The van der Waals surface area contributed by atoms with Gasteiger partial charge in [-0.3, -0.25) is 9.59 Å². The highest BCUT2D eigenvalue weighted by Crippen LogP contribution is 2.42. The highest BCUT2D eigenvalue weighted by molar-refractivity contribution is 6.02. The van der Waals surface area contributed by atoms with Crippen molar-refractivity contribution in [3.63, 3.8) is 0 Å². The van der Waals surface area contributed by atoms with Crippen molar-refractivity contribution < 1.29 is 19.1 Å². The summed E-state index contributed by atoms with van der Waals surface area (Å²) in [5.41, 5.74) is 5.50. The van der Waals surface area contributed by atoms with Crippen molar-refractivity contribution in [3.8, 4) is 0 Å². The lowest BCUT2D eigenvalue weighted by Gasteiger charge is -2.31. The Bertz CT molecular complexity index is 854. The molecular formula is C24H24O4. The lowest BCUT2D eigenvalue weighted by atomic mass is 9.73. The molecule has 2 aromatic rings. The average molecular weight is 376 g/mol. The number of rotatable bonds is 4. The van der Waals surface area contributed by atoms with Crippen LogP contribution in [0.25, 0.3) is 11.1 Å². The van der Waals surface area contributed by atoms with E-state index < -0.39 is 23.8 Å². The van der Waals surface area contributed by atoms with Crippen LogP contribution in [0.2, 0.25) is 0 Å². The zero-order valence-electron chi connectivity index (χ0n) is 16.6. The minimum atomic E-state index is -0.776. The summed E-state index contributed by atoms with van der Waals surface area (Å²) in [7, 11) is 2.68. The minimum absolute atomic E-state index is 0.458. The van der Waals surface area contributed by atoms with Crippen LogP contribution in [0, 0.1) is 25.7 Å². The molecule has 1 aliphatic rings. The molecule has 3 rings (SSSR count). The molecule has 2 aromatic carbocycles. The number of allylic oxidation sites excluding steroid dienone is 2. The van der Waals surface area contributed by atoms with Crippen molar-refractivity contribution in [2.45, 2.75) is 13.8 Å². The van der Waals surface area contributed by atoms with Gasteiger partial charge in [-0.2, -0.15) is 0 Å². The Labute approximate surface area is 165 Å². The van der Waals surface area contributed by atoms with Crippen LogP contribution in [-0.4, -0.2) is 26.2 Å². The number of ether oxygens (including phenoxy) is 2. The average Bonchev–Trinajstić information content (AvgIpc) is 2.72. The maximum atomic E-state index is 12.8. The van der Waals surface area contributed by atoms with Gasteiger partial charge in [0.25, 0.3) is 0 Å². The molecule has 0 fully saturated rings. The first-order chi connectivity index (χ1) is 13.5. The van der Waals surface area contributed by atoms with Crippen molar-refractivity contribution in [1.82, 2.24) is 0 Å². The molecule has 0 unspecified atom stereocenters. The molecule has 0 aromatic heterocycles. The van der Waals surface area contributed by atoms with Gasteiger partial charge in [-0.05, 0) is 36.1 Å². The molecule has 4 nitrogen and oxygen atoms in total. The van der Waals surface area contributed by atoms with Gasteiger partial charge in [0.1, 0.15) is 0 Å². The fraction of sp³-hybridized carbons (Fsp3) is 0.250. The molecule has 1 aliphatic carbocycles. The van der Waals surface area contributed by atoms with Gasteiger partial charge in [-0.15, -0.1) is 0 Å². The van der Waals surface area contributed by atoms with E-state index in [1.54, 1.807) is 0 Å². The largest absolute Gasteiger partial charge is 0.469 e. The number of carbonyl (C=O) groups is 2. The normalized spacial score (nSPS) is 18.7. The standard InChI is InChI=1S/C24H24O4/c1-15-5-9-17(10-6-15)19-13-14-20(18-11-7-16(2)8-12-18)22(24(26)28-4)21(19)23(25)27-3/h5-14,21-22H,1-4H3/t21-,22+. The van der Waals surface area contributed by atoms with Gasteiger partial charge in [0, 0.05) is 0 Å². The SMILES string of the molecule is COC(=O)[C@@H]1C(c2ccc(C)cc2)=CC=C(c2ccc(C)cc2)[C@@H]1C(=O)OC. The minimum Gasteiger partial charge on any atom is -0.469 e. The molecule has 28 heavy (non-hydrogen) atoms. The van der Waals surface area contributed by atoms with Crippen molar-refractivity contribution in [2.24, 2.45) is 11.8 Å². The first-order valence-corrected chi connectivity index (χ1v) is 9.17. The third-order valence-corrected chi connectivity index (χ3v) is 5.13. The molecular weight excluding hydrogens is 352 g/mol. The van der Waals surface area contributed by atoms with Gasteiger partial charge >= 0.3 is 11.9 Å². The molecule has 0 saturated carbocycles. The van der Waals surface area contributed by atoms with Gasteiger partial charge in [-0.25, -0.2) is 0 Å². The molecule has 0 heterocycles. The zero-order chi connectivity index (χ0) is 20.3. The summed E-state index contributed by atoms with van der Waals surface area (Å²) < 4.78 is 10.2. The van der Waals surface area contributed by atoms with Crippen molar-refractivity contribution in [2.75, 3.05) is 14.2 Å². The van der Waals surface area contributed by atoms with Gasteiger partial charge < -0.3 is 9.47 Å². The molecule has 0 aliphatic heterocycles. The van der Waals surface area contributed by atoms with Crippen LogP contribution in [0.5, 0.6) is 0 Å². The maximum absolute atomic E-state index is 12.8. The summed E-state index contributed by atoms with van der Waals surface area (Å²) in [5, 5.41) is 0. The zero-order valence-corrected chi connectivity index (χ0v) is 16.6. The third-order valence-electron chi connectivity index (χ3n) is 5.13. The Morgan fingerprint density at radius 3 is 1.25 bits per heavy atom. The van der Waals surface area contributed by atoms with Crippen LogP contribution < -0.4 is 0 Å². The first kappa shape index (κ1) is 19.6. The Morgan fingerprint density at radius 2 is 0.964 bits per heavy atom. The summed E-state index contributed by atoms with van der Waals surface area (Å²) >= 11 is 0. The van der Waals surface area contributed by atoms with E-state index in [9.17, 15) is 9.59 Å². The lowest BCUT2D eigenvalue weighted by Crippen LogP contribution is -2.35. The second-order valence-electron chi connectivity index (χ2n) is 6.98. The van der Waals surface area contributed by atoms with Gasteiger partial charge in [0.15, 0.2) is 0 Å². The van der Waals surface area contributed by atoms with Crippen LogP contribution in [-0.2, 0) is 19.1 Å². The van der Waals surface area contributed by atoms with Gasteiger partial charge in [0.05, 0.1) is 26.1 Å². The fourth-order valence-corrected chi connectivity index (χ4v) is 3.57. The number of carbonyl (C=O) groups excluding carboxylic acids is 2. The quantitative estimate of drug-likeness (QED) is 0.744. The summed E-state index contributed by atoms with van der Waals surface area (Å²) in [6.07, 6.45) is 3.81. The van der Waals surface area contributed by atoms with E-state index in [4.69, 9.17) is 9.47 Å². The van der Waals surface area contributed by atoms with Crippen molar-refractivity contribution >= 4 is 23.1 Å². The van der Waals surface area contributed by atoms with E-state index in [-0.39, 0.29) is 0 Å². The van der Waals surface area contributed by atoms with Gasteiger partial charge in [-0.1, -0.05) is 71.8 Å². The van der Waals surface area contributed by atoms with Gasteiger partial charge in [0.2, 0.25) is 0 Å². The van der Waals surface area contributed by atoms with E-state index in [1.807, 2.05) is 74.5 Å². The molecule has 0 radical (unpaired) electrons. The molecule has 2 atom stereocenters. The van der Waals surface area contributed by atoms with E-state index in [1.165, 1.54) is 14.2 Å². The highest BCUT2D eigenvalue weighted by Gasteiger charge is 2.42. The molecule has 144 valence electrons. The summed E-state index contributed by atoms with van der Waals surface area (Å²) in [4.78, 5) is 25.6. The number of aryl methyl sites for hydroxylation is 2. The number of hydrogen-bond acceptors (Lipinski definition) is 4. The van der Waals surface area contributed by atoms with E-state index in [0.717, 1.165) is 33.4 Å². The van der Waals surface area contributed by atoms with Crippen LogP contribution in [0.15, 0.2) is 60.7 Å². The van der Waals surface area contributed by atoms with Crippen LogP contribution in [0.1, 0.15) is 22.3 Å². The predicted molar refractivity (Wildman–Crippen MR) is 109 cm³/mol. The summed E-state index contributed by atoms with van der Waals surface area (Å²) in [6, 6.07) is 15.8. The van der Waals surface area contributed by atoms with Crippen molar-refractivity contribution in [3.05, 3.63) is 82.9 Å². The third kappa shape index (κ3) is 3.77. The van der Waals surface area contributed by atoms with Crippen LogP contribution in [0.4, 0.5) is 0 Å². The molecule has 0 spiro atoms. The van der Waals surface area contributed by atoms with E-state index >= 15 is 0 Å². The molecule has 0 bridgehead atoms. The highest BCUT2D eigenvalue weighted by atomic mass is 16.5. The first-order valence-electron chi connectivity index (χ1n) is 9.17. The lowest BCUT2D eigenvalue weighted by molar-refractivity contribution is -0.152. The van der Waals surface area contributed by atoms with E-state index in [0.29, 0.717) is 0 Å². The topological polar surface area (TPSA) is 52.6 Å². The Morgan fingerprint density at radius 1 is 0.643 bits per heavy atom. The second-order valence-corrected chi connectivity index (χ2v) is 6.98. The smallest absolute Gasteiger partial charge is 0.314 e. The summed E-state index contributed by atoms with van der Waals surface area (Å²) in [5.74, 6) is -2.47. The summed E-state index contributed by atoms with van der Waals surface area (Å²) in [6.45, 7) is 4.01.